The van der Waals surface area contributed by atoms with Crippen LogP contribution >= 0.6 is 11.8 Å². The first-order valence-corrected chi connectivity index (χ1v) is 10.2. The molecule has 1 aliphatic heterocycles. The van der Waals surface area contributed by atoms with Crippen LogP contribution in [0.15, 0.2) is 0 Å². The van der Waals surface area contributed by atoms with E-state index in [4.69, 9.17) is 5.73 Å². The van der Waals surface area contributed by atoms with Gasteiger partial charge >= 0.3 is 0 Å². The van der Waals surface area contributed by atoms with Crippen LogP contribution in [0, 0.1) is 0 Å². The Labute approximate surface area is 127 Å². The lowest BCUT2D eigenvalue weighted by Gasteiger charge is -2.35. The van der Waals surface area contributed by atoms with Crippen molar-refractivity contribution in [3.63, 3.8) is 0 Å². The van der Waals surface area contributed by atoms with Crippen LogP contribution in [-0.2, 0) is 10.2 Å². The van der Waals surface area contributed by atoms with Crippen molar-refractivity contribution in [3.8, 4) is 0 Å². The van der Waals surface area contributed by atoms with E-state index in [-0.39, 0.29) is 10.8 Å². The smallest absolute Gasteiger partial charge is 0.279 e. The third-order valence-corrected chi connectivity index (χ3v) is 7.70. The average Bonchev–Trinajstić information content (AvgIpc) is 2.95. The lowest BCUT2D eigenvalue weighted by Crippen LogP contribution is -2.53. The Morgan fingerprint density at radius 3 is 2.60 bits per heavy atom. The molecule has 1 heterocycles. The van der Waals surface area contributed by atoms with Crippen molar-refractivity contribution < 1.29 is 8.42 Å². The van der Waals surface area contributed by atoms with E-state index >= 15 is 0 Å². The van der Waals surface area contributed by atoms with Gasteiger partial charge in [0, 0.05) is 30.4 Å². The van der Waals surface area contributed by atoms with Crippen molar-refractivity contribution in [3.05, 3.63) is 0 Å². The Morgan fingerprint density at radius 2 is 2.00 bits per heavy atom. The highest BCUT2D eigenvalue weighted by molar-refractivity contribution is 8.00. The zero-order valence-electron chi connectivity index (χ0n) is 12.3. The molecule has 0 aromatic heterocycles. The molecule has 2 aliphatic rings. The lowest BCUT2D eigenvalue weighted by molar-refractivity contribution is 0.254. The molecule has 20 heavy (non-hydrogen) atoms. The maximum absolute atomic E-state index is 12.5. The van der Waals surface area contributed by atoms with Gasteiger partial charge in [-0.25, -0.2) is 4.72 Å². The molecule has 0 bridgehead atoms. The molecule has 2 fully saturated rings. The van der Waals surface area contributed by atoms with E-state index in [1.165, 1.54) is 12.8 Å². The standard InChI is InChI=1S/C13H27N3O2S2/c1-19-13(7-3-4-8-13)11-15-20(17,18)16-9-5-2-6-12(16)10-14/h12,15H,2-11,14H2,1H3. The lowest BCUT2D eigenvalue weighted by atomic mass is 10.1. The normalized spacial score (nSPS) is 27.8. The summed E-state index contributed by atoms with van der Waals surface area (Å²) in [5.74, 6) is 0. The first kappa shape index (κ1) is 16.5. The number of rotatable bonds is 6. The molecule has 0 spiro atoms. The first-order valence-electron chi connectivity index (χ1n) is 7.55. The number of nitrogens with one attached hydrogen (secondary N) is 1. The molecule has 2 rings (SSSR count). The Balaban J connectivity index is 1.99. The van der Waals surface area contributed by atoms with Crippen molar-refractivity contribution in [2.45, 2.75) is 55.7 Å². The summed E-state index contributed by atoms with van der Waals surface area (Å²) in [7, 11) is -3.39. The summed E-state index contributed by atoms with van der Waals surface area (Å²) in [5.41, 5.74) is 5.72. The molecule has 1 atom stereocenters. The largest absolute Gasteiger partial charge is 0.329 e. The van der Waals surface area contributed by atoms with Crippen LogP contribution in [0.5, 0.6) is 0 Å². The minimum Gasteiger partial charge on any atom is -0.329 e. The average molecular weight is 322 g/mol. The van der Waals surface area contributed by atoms with Crippen LogP contribution in [0.25, 0.3) is 0 Å². The highest BCUT2D eigenvalue weighted by atomic mass is 32.2. The van der Waals surface area contributed by atoms with Gasteiger partial charge < -0.3 is 5.73 Å². The summed E-state index contributed by atoms with van der Waals surface area (Å²) in [4.78, 5) is 0. The molecule has 1 unspecified atom stereocenters. The van der Waals surface area contributed by atoms with Crippen molar-refractivity contribution in [2.24, 2.45) is 5.73 Å². The summed E-state index contributed by atoms with van der Waals surface area (Å²) in [6.45, 7) is 1.56. The molecule has 1 saturated heterocycles. The predicted molar refractivity (Wildman–Crippen MR) is 85.0 cm³/mol. The molecule has 1 saturated carbocycles. The fourth-order valence-electron chi connectivity index (χ4n) is 3.30. The van der Waals surface area contributed by atoms with Gasteiger partial charge in [0.2, 0.25) is 0 Å². The quantitative estimate of drug-likeness (QED) is 0.773. The molecule has 5 nitrogen and oxygen atoms in total. The predicted octanol–water partition coefficient (Wildman–Crippen LogP) is 1.31. The number of nitrogens with zero attached hydrogens (tertiary/aromatic N) is 1. The van der Waals surface area contributed by atoms with E-state index < -0.39 is 10.2 Å². The van der Waals surface area contributed by atoms with Crippen LogP contribution in [0.2, 0.25) is 0 Å². The Morgan fingerprint density at radius 1 is 1.30 bits per heavy atom. The molecule has 118 valence electrons. The molecular weight excluding hydrogens is 294 g/mol. The molecule has 7 heteroatoms. The zero-order valence-corrected chi connectivity index (χ0v) is 13.9. The van der Waals surface area contributed by atoms with Crippen LogP contribution in [0.3, 0.4) is 0 Å². The number of nitrogens with two attached hydrogens (primary N) is 1. The van der Waals surface area contributed by atoms with Crippen molar-refractivity contribution in [1.82, 2.24) is 9.03 Å². The van der Waals surface area contributed by atoms with Gasteiger partial charge in [0.1, 0.15) is 0 Å². The Bertz CT molecular complexity index is 408. The second-order valence-electron chi connectivity index (χ2n) is 5.92. The van der Waals surface area contributed by atoms with E-state index in [0.717, 1.165) is 32.1 Å². The van der Waals surface area contributed by atoms with Gasteiger partial charge in [-0.05, 0) is 31.9 Å². The summed E-state index contributed by atoms with van der Waals surface area (Å²) in [5, 5.41) is 0. The van der Waals surface area contributed by atoms with E-state index in [2.05, 4.69) is 11.0 Å². The SMILES string of the molecule is CSC1(CNS(=O)(=O)N2CCCCC2CN)CCCC1. The minimum absolute atomic E-state index is 0.0324. The summed E-state index contributed by atoms with van der Waals surface area (Å²) >= 11 is 1.80. The summed E-state index contributed by atoms with van der Waals surface area (Å²) in [6.07, 6.45) is 9.60. The van der Waals surface area contributed by atoms with E-state index in [0.29, 0.717) is 19.6 Å². The Hall–Kier alpha value is 0.180. The topological polar surface area (TPSA) is 75.4 Å². The second kappa shape index (κ2) is 6.96. The molecular formula is C13H27N3O2S2. The number of thioether (sulfide) groups is 1. The summed E-state index contributed by atoms with van der Waals surface area (Å²) in [6, 6.07) is -0.0324. The van der Waals surface area contributed by atoms with Crippen molar-refractivity contribution in [2.75, 3.05) is 25.9 Å². The highest BCUT2D eigenvalue weighted by Crippen LogP contribution is 2.39. The number of piperidine rings is 1. The molecule has 0 radical (unpaired) electrons. The molecule has 3 N–H and O–H groups in total. The van der Waals surface area contributed by atoms with Crippen LogP contribution < -0.4 is 10.5 Å². The maximum Gasteiger partial charge on any atom is 0.279 e. The summed E-state index contributed by atoms with van der Waals surface area (Å²) < 4.78 is 29.6. The molecule has 0 amide bonds. The first-order chi connectivity index (χ1) is 9.53. The second-order valence-corrected chi connectivity index (χ2v) is 8.90. The van der Waals surface area contributed by atoms with Crippen LogP contribution in [0.4, 0.5) is 0 Å². The van der Waals surface area contributed by atoms with Crippen molar-refractivity contribution in [1.29, 1.82) is 0 Å². The molecule has 0 aromatic rings. The molecule has 0 aromatic carbocycles. The van der Waals surface area contributed by atoms with E-state index in [1.54, 1.807) is 16.1 Å². The van der Waals surface area contributed by atoms with Crippen LogP contribution in [0.1, 0.15) is 44.9 Å². The fourth-order valence-corrected chi connectivity index (χ4v) is 5.89. The minimum atomic E-state index is -3.39. The number of hydrogen-bond donors (Lipinski definition) is 2. The zero-order chi connectivity index (χ0) is 14.6. The molecule has 1 aliphatic carbocycles. The third kappa shape index (κ3) is 3.68. The third-order valence-electron chi connectivity index (χ3n) is 4.68. The van der Waals surface area contributed by atoms with Gasteiger partial charge in [-0.15, -0.1) is 0 Å². The van der Waals surface area contributed by atoms with Gasteiger partial charge in [0.25, 0.3) is 10.2 Å². The maximum atomic E-state index is 12.5. The monoisotopic (exact) mass is 321 g/mol. The van der Waals surface area contributed by atoms with Gasteiger partial charge in [-0.2, -0.15) is 24.5 Å². The Kier molecular flexibility index (Phi) is 5.76. The van der Waals surface area contributed by atoms with Gasteiger partial charge in [0.05, 0.1) is 0 Å². The van der Waals surface area contributed by atoms with Gasteiger partial charge in [0.15, 0.2) is 0 Å². The van der Waals surface area contributed by atoms with Crippen LogP contribution in [-0.4, -0.2) is 49.4 Å². The van der Waals surface area contributed by atoms with E-state index in [1.807, 2.05) is 0 Å². The van der Waals surface area contributed by atoms with Crippen molar-refractivity contribution >= 4 is 22.0 Å². The van der Waals surface area contributed by atoms with E-state index in [9.17, 15) is 8.42 Å². The fraction of sp³-hybridized carbons (Fsp3) is 1.00. The van der Waals surface area contributed by atoms with Gasteiger partial charge in [-0.1, -0.05) is 19.3 Å². The number of hydrogen-bond acceptors (Lipinski definition) is 4. The highest BCUT2D eigenvalue weighted by Gasteiger charge is 2.37. The van der Waals surface area contributed by atoms with Gasteiger partial charge in [-0.3, -0.25) is 0 Å².